The second kappa shape index (κ2) is 7.77. The van der Waals surface area contributed by atoms with Gasteiger partial charge in [-0.15, -0.1) is 12.4 Å². The Labute approximate surface area is 122 Å². The van der Waals surface area contributed by atoms with Crippen LogP contribution in [0.15, 0.2) is 28.7 Å². The van der Waals surface area contributed by atoms with Gasteiger partial charge >= 0.3 is 0 Å². The Kier molecular flexibility index (Phi) is 6.68. The van der Waals surface area contributed by atoms with Gasteiger partial charge in [0.25, 0.3) is 5.91 Å². The van der Waals surface area contributed by atoms with Crippen molar-refractivity contribution >= 4 is 34.2 Å². The lowest BCUT2D eigenvalue weighted by Gasteiger charge is -2.14. The summed E-state index contributed by atoms with van der Waals surface area (Å²) in [5.41, 5.74) is 0.709. The molecule has 0 bridgehead atoms. The van der Waals surface area contributed by atoms with E-state index in [9.17, 15) is 4.79 Å². The molecule has 0 radical (unpaired) electrons. The minimum atomic E-state index is 0. The van der Waals surface area contributed by atoms with Crippen molar-refractivity contribution in [1.29, 1.82) is 0 Å². The van der Waals surface area contributed by atoms with Crippen LogP contribution in [-0.2, 0) is 0 Å². The number of halogens is 2. The van der Waals surface area contributed by atoms with E-state index in [1.165, 1.54) is 25.9 Å². The quantitative estimate of drug-likeness (QED) is 0.919. The Balaban J connectivity index is 0.00000162. The monoisotopic (exact) mass is 332 g/mol. The molecule has 1 aliphatic heterocycles. The smallest absolute Gasteiger partial charge is 0.251 e. The highest BCUT2D eigenvalue weighted by atomic mass is 79.9. The maximum Gasteiger partial charge on any atom is 0.251 e. The van der Waals surface area contributed by atoms with Gasteiger partial charge in [-0.1, -0.05) is 22.0 Å². The highest BCUT2D eigenvalue weighted by Gasteiger charge is 2.11. The van der Waals surface area contributed by atoms with Crippen LogP contribution in [0, 0.1) is 0 Å². The molecule has 100 valence electrons. The summed E-state index contributed by atoms with van der Waals surface area (Å²) in [5.74, 6) is 0.00509. The fourth-order valence-electron chi connectivity index (χ4n) is 2.07. The summed E-state index contributed by atoms with van der Waals surface area (Å²) >= 11 is 3.36. The van der Waals surface area contributed by atoms with Gasteiger partial charge in [0.1, 0.15) is 0 Å². The summed E-state index contributed by atoms with van der Waals surface area (Å²) in [6, 6.07) is 7.46. The van der Waals surface area contributed by atoms with Crippen LogP contribution in [-0.4, -0.2) is 37.0 Å². The molecule has 0 aliphatic carbocycles. The number of hydrogen-bond acceptors (Lipinski definition) is 2. The lowest BCUT2D eigenvalue weighted by atomic mass is 10.2. The molecule has 1 amide bonds. The van der Waals surface area contributed by atoms with Crippen molar-refractivity contribution in [3.05, 3.63) is 34.3 Å². The van der Waals surface area contributed by atoms with Crippen molar-refractivity contribution in [2.45, 2.75) is 12.8 Å². The van der Waals surface area contributed by atoms with E-state index < -0.39 is 0 Å². The van der Waals surface area contributed by atoms with Gasteiger partial charge in [0.05, 0.1) is 0 Å². The molecule has 5 heteroatoms. The van der Waals surface area contributed by atoms with Crippen molar-refractivity contribution in [1.82, 2.24) is 10.2 Å². The Bertz CT molecular complexity index is 394. The van der Waals surface area contributed by atoms with Gasteiger partial charge in [-0.2, -0.15) is 0 Å². The molecule has 1 aromatic rings. The summed E-state index contributed by atoms with van der Waals surface area (Å²) < 4.78 is 0.935. The summed E-state index contributed by atoms with van der Waals surface area (Å²) in [6.45, 7) is 4.03. The predicted octanol–water partition coefficient (Wildman–Crippen LogP) is 2.70. The average Bonchev–Trinajstić information content (AvgIpc) is 2.82. The van der Waals surface area contributed by atoms with Gasteiger partial charge in [-0.05, 0) is 44.1 Å². The zero-order valence-corrected chi connectivity index (χ0v) is 12.6. The van der Waals surface area contributed by atoms with Crippen LogP contribution in [0.25, 0.3) is 0 Å². The summed E-state index contributed by atoms with van der Waals surface area (Å²) in [5, 5.41) is 2.95. The molecule has 1 aromatic carbocycles. The van der Waals surface area contributed by atoms with E-state index in [0.717, 1.165) is 17.6 Å². The third kappa shape index (κ3) is 4.59. The molecule has 0 atom stereocenters. The van der Waals surface area contributed by atoms with Crippen LogP contribution >= 0.6 is 28.3 Å². The minimum absolute atomic E-state index is 0. The van der Waals surface area contributed by atoms with Crippen molar-refractivity contribution in [3.8, 4) is 0 Å². The fourth-order valence-corrected chi connectivity index (χ4v) is 2.46. The van der Waals surface area contributed by atoms with Crippen molar-refractivity contribution in [2.75, 3.05) is 26.2 Å². The summed E-state index contributed by atoms with van der Waals surface area (Å²) in [4.78, 5) is 14.2. The Hall–Kier alpha value is -0.580. The molecule has 1 saturated heterocycles. The molecule has 0 aromatic heterocycles. The Morgan fingerprint density at radius 1 is 1.33 bits per heavy atom. The van der Waals surface area contributed by atoms with Gasteiger partial charge in [0.2, 0.25) is 0 Å². The topological polar surface area (TPSA) is 32.3 Å². The van der Waals surface area contributed by atoms with E-state index in [-0.39, 0.29) is 18.3 Å². The van der Waals surface area contributed by atoms with Gasteiger partial charge < -0.3 is 10.2 Å². The number of nitrogens with zero attached hydrogens (tertiary/aromatic N) is 1. The lowest BCUT2D eigenvalue weighted by Crippen LogP contribution is -2.33. The van der Waals surface area contributed by atoms with Crippen LogP contribution in [0.5, 0.6) is 0 Å². The molecule has 1 aliphatic rings. The van der Waals surface area contributed by atoms with Crippen molar-refractivity contribution in [2.24, 2.45) is 0 Å². The molecule has 2 rings (SSSR count). The highest BCUT2D eigenvalue weighted by molar-refractivity contribution is 9.10. The van der Waals surface area contributed by atoms with Crippen molar-refractivity contribution < 1.29 is 4.79 Å². The molecular formula is C13H18BrClN2O. The number of carbonyl (C=O) groups excluding carboxylic acids is 1. The zero-order valence-electron chi connectivity index (χ0n) is 10.2. The third-order valence-corrected chi connectivity index (χ3v) is 3.49. The molecule has 0 unspecified atom stereocenters. The average molecular weight is 334 g/mol. The first kappa shape index (κ1) is 15.5. The molecular weight excluding hydrogens is 316 g/mol. The largest absolute Gasteiger partial charge is 0.351 e. The SMILES string of the molecule is Cl.O=C(NCCN1CCCC1)c1cccc(Br)c1. The van der Waals surface area contributed by atoms with E-state index in [0.29, 0.717) is 5.56 Å². The van der Waals surface area contributed by atoms with E-state index >= 15 is 0 Å². The molecule has 1 heterocycles. The number of hydrogen-bond donors (Lipinski definition) is 1. The van der Waals surface area contributed by atoms with Gasteiger partial charge in [0.15, 0.2) is 0 Å². The maximum atomic E-state index is 11.8. The first-order valence-electron chi connectivity index (χ1n) is 6.02. The predicted molar refractivity (Wildman–Crippen MR) is 79.4 cm³/mol. The summed E-state index contributed by atoms with van der Waals surface area (Å²) in [7, 11) is 0. The number of nitrogens with one attached hydrogen (secondary N) is 1. The standard InChI is InChI=1S/C13H17BrN2O.ClH/c14-12-5-3-4-11(10-12)13(17)15-6-9-16-7-1-2-8-16;/h3-5,10H,1-2,6-9H2,(H,15,17);1H. The second-order valence-corrected chi connectivity index (χ2v) is 5.23. The Morgan fingerprint density at radius 3 is 2.72 bits per heavy atom. The maximum absolute atomic E-state index is 11.8. The van der Waals surface area contributed by atoms with Crippen molar-refractivity contribution in [3.63, 3.8) is 0 Å². The van der Waals surface area contributed by atoms with E-state index in [2.05, 4.69) is 26.1 Å². The molecule has 3 nitrogen and oxygen atoms in total. The summed E-state index contributed by atoms with van der Waals surface area (Å²) in [6.07, 6.45) is 2.58. The minimum Gasteiger partial charge on any atom is -0.351 e. The fraction of sp³-hybridized carbons (Fsp3) is 0.462. The van der Waals surface area contributed by atoms with Crippen LogP contribution in [0.1, 0.15) is 23.2 Å². The molecule has 18 heavy (non-hydrogen) atoms. The zero-order chi connectivity index (χ0) is 12.1. The van der Waals surface area contributed by atoms with Crippen LogP contribution in [0.3, 0.4) is 0 Å². The van der Waals surface area contributed by atoms with E-state index in [1.807, 2.05) is 24.3 Å². The number of benzene rings is 1. The van der Waals surface area contributed by atoms with E-state index in [1.54, 1.807) is 0 Å². The number of carbonyl (C=O) groups is 1. The normalized spacial score (nSPS) is 15.2. The number of likely N-dealkylation sites (tertiary alicyclic amines) is 1. The van der Waals surface area contributed by atoms with Crippen LogP contribution in [0.4, 0.5) is 0 Å². The molecule has 0 saturated carbocycles. The third-order valence-electron chi connectivity index (χ3n) is 3.00. The molecule has 1 N–H and O–H groups in total. The Morgan fingerprint density at radius 2 is 2.06 bits per heavy atom. The first-order chi connectivity index (χ1) is 8.25. The lowest BCUT2D eigenvalue weighted by molar-refractivity contribution is 0.0949. The molecule has 0 spiro atoms. The van der Waals surface area contributed by atoms with Gasteiger partial charge in [-0.3, -0.25) is 4.79 Å². The van der Waals surface area contributed by atoms with Crippen LogP contribution < -0.4 is 5.32 Å². The second-order valence-electron chi connectivity index (χ2n) is 4.31. The van der Waals surface area contributed by atoms with E-state index in [4.69, 9.17) is 0 Å². The first-order valence-corrected chi connectivity index (χ1v) is 6.81. The number of amides is 1. The number of rotatable bonds is 4. The highest BCUT2D eigenvalue weighted by Crippen LogP contribution is 2.11. The van der Waals surface area contributed by atoms with Gasteiger partial charge in [0, 0.05) is 23.1 Å². The van der Waals surface area contributed by atoms with Crippen LogP contribution in [0.2, 0.25) is 0 Å². The van der Waals surface area contributed by atoms with Gasteiger partial charge in [-0.25, -0.2) is 0 Å². The molecule has 1 fully saturated rings.